The third kappa shape index (κ3) is 6.04. The number of anilines is 1. The third-order valence-electron chi connectivity index (χ3n) is 6.29. The van der Waals surface area contributed by atoms with Crippen molar-refractivity contribution in [1.29, 1.82) is 0 Å². The summed E-state index contributed by atoms with van der Waals surface area (Å²) in [6.45, 7) is 1.28. The molecule has 9 heteroatoms. The molecule has 0 bridgehead atoms. The lowest BCUT2D eigenvalue weighted by Gasteiger charge is -2.27. The number of rotatable bonds is 10. The second-order valence-corrected chi connectivity index (χ2v) is 10.6. The van der Waals surface area contributed by atoms with Crippen LogP contribution in [0.15, 0.2) is 102 Å². The van der Waals surface area contributed by atoms with Crippen LogP contribution in [0.25, 0.3) is 0 Å². The largest absolute Gasteiger partial charge is 0.493 e. The lowest BCUT2D eigenvalue weighted by Crippen LogP contribution is -2.42. The van der Waals surface area contributed by atoms with Gasteiger partial charge in [-0.3, -0.25) is 9.10 Å². The summed E-state index contributed by atoms with van der Waals surface area (Å²) in [6.07, 6.45) is 0. The van der Waals surface area contributed by atoms with Gasteiger partial charge in [0, 0.05) is 6.07 Å². The predicted octanol–water partition coefficient (Wildman–Crippen LogP) is 5.25. The van der Waals surface area contributed by atoms with E-state index in [4.69, 9.17) is 9.47 Å². The van der Waals surface area contributed by atoms with Crippen LogP contribution in [0.1, 0.15) is 22.7 Å². The minimum atomic E-state index is -4.41. The average molecular weight is 549 g/mol. The predicted molar refractivity (Wildman–Crippen MR) is 148 cm³/mol. The van der Waals surface area contributed by atoms with E-state index in [1.807, 2.05) is 61.5 Å². The van der Waals surface area contributed by atoms with Crippen LogP contribution >= 0.6 is 0 Å². The van der Waals surface area contributed by atoms with Crippen molar-refractivity contribution in [1.82, 2.24) is 5.32 Å². The summed E-state index contributed by atoms with van der Waals surface area (Å²) in [7, 11) is -1.59. The summed E-state index contributed by atoms with van der Waals surface area (Å²) in [5, 5.41) is 2.96. The molecule has 0 saturated carbocycles. The smallest absolute Gasteiger partial charge is 0.265 e. The Labute approximate surface area is 227 Å². The molecule has 0 aliphatic heterocycles. The Balaban J connectivity index is 1.74. The maximum absolute atomic E-state index is 15.0. The molecule has 0 aliphatic rings. The molecule has 7 nitrogen and oxygen atoms in total. The maximum Gasteiger partial charge on any atom is 0.265 e. The highest BCUT2D eigenvalue weighted by Crippen LogP contribution is 2.33. The van der Waals surface area contributed by atoms with E-state index in [1.165, 1.54) is 50.6 Å². The number of halogens is 1. The Morgan fingerprint density at radius 3 is 2.18 bits per heavy atom. The van der Waals surface area contributed by atoms with Crippen LogP contribution < -0.4 is 19.1 Å². The second kappa shape index (κ2) is 12.0. The summed E-state index contributed by atoms with van der Waals surface area (Å²) in [5.41, 5.74) is 2.38. The van der Waals surface area contributed by atoms with Crippen LogP contribution in [-0.2, 0) is 14.8 Å². The molecule has 202 valence electrons. The minimum Gasteiger partial charge on any atom is -0.493 e. The van der Waals surface area contributed by atoms with Crippen LogP contribution in [0, 0.1) is 12.7 Å². The number of aryl methyl sites for hydroxylation is 1. The van der Waals surface area contributed by atoms with Crippen LogP contribution in [0.5, 0.6) is 11.5 Å². The van der Waals surface area contributed by atoms with Crippen LogP contribution in [0.2, 0.25) is 0 Å². The Bertz CT molecular complexity index is 1560. The van der Waals surface area contributed by atoms with Crippen molar-refractivity contribution < 1.29 is 27.1 Å². The fourth-order valence-corrected chi connectivity index (χ4v) is 5.74. The van der Waals surface area contributed by atoms with Crippen molar-refractivity contribution in [2.45, 2.75) is 17.9 Å². The molecule has 0 saturated heterocycles. The number of benzene rings is 4. The summed E-state index contributed by atoms with van der Waals surface area (Å²) < 4.78 is 53.9. The van der Waals surface area contributed by atoms with Gasteiger partial charge in [-0.1, -0.05) is 66.7 Å². The Morgan fingerprint density at radius 1 is 0.872 bits per heavy atom. The van der Waals surface area contributed by atoms with E-state index in [1.54, 1.807) is 0 Å². The molecule has 0 radical (unpaired) electrons. The molecule has 4 aromatic rings. The van der Waals surface area contributed by atoms with Gasteiger partial charge in [0.05, 0.1) is 30.8 Å². The summed E-state index contributed by atoms with van der Waals surface area (Å²) in [4.78, 5) is 13.3. The SMILES string of the molecule is COc1ccc(S(=O)(=O)N(CC(=O)NC(c2ccccc2)c2ccccc2C)c2ccccc2F)cc1OC. The highest BCUT2D eigenvalue weighted by molar-refractivity contribution is 7.92. The first-order valence-electron chi connectivity index (χ1n) is 12.2. The van der Waals surface area contributed by atoms with E-state index in [0.29, 0.717) is 5.75 Å². The van der Waals surface area contributed by atoms with Gasteiger partial charge in [-0.2, -0.15) is 0 Å². The lowest BCUT2D eigenvalue weighted by molar-refractivity contribution is -0.120. The van der Waals surface area contributed by atoms with Gasteiger partial charge in [0.15, 0.2) is 11.5 Å². The van der Waals surface area contributed by atoms with Gasteiger partial charge < -0.3 is 14.8 Å². The number of para-hydroxylation sites is 1. The van der Waals surface area contributed by atoms with Crippen molar-refractivity contribution >= 4 is 21.6 Å². The molecule has 1 unspecified atom stereocenters. The van der Waals surface area contributed by atoms with Crippen molar-refractivity contribution in [3.63, 3.8) is 0 Å². The first-order valence-corrected chi connectivity index (χ1v) is 13.6. The number of amides is 1. The molecule has 1 atom stereocenters. The first-order chi connectivity index (χ1) is 18.8. The number of nitrogens with zero attached hydrogens (tertiary/aromatic N) is 1. The van der Waals surface area contributed by atoms with Gasteiger partial charge >= 0.3 is 0 Å². The Hall–Kier alpha value is -4.37. The van der Waals surface area contributed by atoms with Gasteiger partial charge in [0.25, 0.3) is 10.0 Å². The van der Waals surface area contributed by atoms with Gasteiger partial charge in [-0.05, 0) is 47.9 Å². The number of carbonyl (C=O) groups is 1. The molecule has 1 amide bonds. The molecular formula is C30H29FN2O5S. The standard InChI is InChI=1S/C30H29FN2O5S/c1-21-11-7-8-14-24(21)30(22-12-5-4-6-13-22)32-29(34)20-33(26-16-10-9-15-25(26)31)39(35,36)23-17-18-27(37-2)28(19-23)38-3/h4-19,30H,20H2,1-3H3,(H,32,34). The van der Waals surface area contributed by atoms with Crippen molar-refractivity contribution in [2.75, 3.05) is 25.1 Å². The second-order valence-electron chi connectivity index (χ2n) is 8.75. The zero-order valence-corrected chi connectivity index (χ0v) is 22.6. The number of hydrogen-bond donors (Lipinski definition) is 1. The molecule has 1 N–H and O–H groups in total. The first kappa shape index (κ1) is 27.7. The Kier molecular flexibility index (Phi) is 8.51. The van der Waals surface area contributed by atoms with Crippen molar-refractivity contribution in [3.05, 3.63) is 120 Å². The van der Waals surface area contributed by atoms with Gasteiger partial charge in [-0.25, -0.2) is 12.8 Å². The van der Waals surface area contributed by atoms with Crippen LogP contribution in [-0.4, -0.2) is 35.1 Å². The number of carbonyl (C=O) groups excluding carboxylic acids is 1. The summed E-state index contributed by atoms with van der Waals surface area (Å²) in [6, 6.07) is 25.9. The van der Waals surface area contributed by atoms with E-state index in [2.05, 4.69) is 5.32 Å². The highest BCUT2D eigenvalue weighted by Gasteiger charge is 2.31. The molecular weight excluding hydrogens is 519 g/mol. The normalized spacial score (nSPS) is 11.9. The molecule has 0 aromatic heterocycles. The Morgan fingerprint density at radius 2 is 1.51 bits per heavy atom. The van der Waals surface area contributed by atoms with E-state index in [9.17, 15) is 17.6 Å². The topological polar surface area (TPSA) is 84.9 Å². The van der Waals surface area contributed by atoms with E-state index in [0.717, 1.165) is 27.1 Å². The minimum absolute atomic E-state index is 0.181. The molecule has 0 heterocycles. The summed E-state index contributed by atoms with van der Waals surface area (Å²) >= 11 is 0. The zero-order valence-electron chi connectivity index (χ0n) is 21.8. The highest BCUT2D eigenvalue weighted by atomic mass is 32.2. The fraction of sp³-hybridized carbons (Fsp3) is 0.167. The van der Waals surface area contributed by atoms with Gasteiger partial charge in [-0.15, -0.1) is 0 Å². The van der Waals surface area contributed by atoms with Crippen LogP contribution in [0.3, 0.4) is 0 Å². The number of ether oxygens (including phenoxy) is 2. The number of methoxy groups -OCH3 is 2. The van der Waals surface area contributed by atoms with E-state index in [-0.39, 0.29) is 16.3 Å². The van der Waals surface area contributed by atoms with Crippen molar-refractivity contribution in [2.24, 2.45) is 0 Å². The molecule has 0 fully saturated rings. The number of hydrogen-bond acceptors (Lipinski definition) is 5. The fourth-order valence-electron chi connectivity index (χ4n) is 4.29. The van der Waals surface area contributed by atoms with E-state index < -0.39 is 34.3 Å². The van der Waals surface area contributed by atoms with Gasteiger partial charge in [0.1, 0.15) is 12.4 Å². The lowest BCUT2D eigenvalue weighted by atomic mass is 9.95. The van der Waals surface area contributed by atoms with Crippen molar-refractivity contribution in [3.8, 4) is 11.5 Å². The third-order valence-corrected chi connectivity index (χ3v) is 8.04. The molecule has 4 rings (SSSR count). The van der Waals surface area contributed by atoms with Crippen LogP contribution in [0.4, 0.5) is 10.1 Å². The monoisotopic (exact) mass is 548 g/mol. The molecule has 0 spiro atoms. The average Bonchev–Trinajstić information content (AvgIpc) is 2.95. The maximum atomic E-state index is 15.0. The molecule has 39 heavy (non-hydrogen) atoms. The van der Waals surface area contributed by atoms with E-state index >= 15 is 0 Å². The molecule has 0 aliphatic carbocycles. The quantitative estimate of drug-likeness (QED) is 0.293. The molecule has 4 aromatic carbocycles. The van der Waals surface area contributed by atoms with Gasteiger partial charge in [0.2, 0.25) is 5.91 Å². The number of nitrogens with one attached hydrogen (secondary N) is 1. The zero-order chi connectivity index (χ0) is 28.0. The number of sulfonamides is 1. The summed E-state index contributed by atoms with van der Waals surface area (Å²) in [5.74, 6) is -0.886.